The first-order valence-electron chi connectivity index (χ1n) is 6.02. The first kappa shape index (κ1) is 11.2. The number of rotatable bonds is 3. The molecule has 1 heterocycles. The van der Waals surface area contributed by atoms with Crippen LogP contribution in [0, 0.1) is 5.92 Å². The molecule has 0 aromatic carbocycles. The van der Waals surface area contributed by atoms with E-state index in [4.69, 9.17) is 10.5 Å². The number of nitrogens with zero attached hydrogens (tertiary/aromatic N) is 2. The molecule has 0 aliphatic heterocycles. The second kappa shape index (κ2) is 5.14. The van der Waals surface area contributed by atoms with Gasteiger partial charge in [0.1, 0.15) is 18.2 Å². The predicted octanol–water partition coefficient (Wildman–Crippen LogP) is 2.41. The van der Waals surface area contributed by atoms with Crippen molar-refractivity contribution in [1.29, 1.82) is 0 Å². The minimum Gasteiger partial charge on any atom is -0.474 e. The molecule has 2 unspecified atom stereocenters. The molecule has 1 aromatic heterocycles. The Balaban J connectivity index is 1.94. The Morgan fingerprint density at radius 1 is 1.44 bits per heavy atom. The molecule has 0 radical (unpaired) electrons. The van der Waals surface area contributed by atoms with Crippen LogP contribution >= 0.6 is 0 Å². The zero-order chi connectivity index (χ0) is 11.4. The van der Waals surface area contributed by atoms with Crippen LogP contribution in [0.2, 0.25) is 0 Å². The highest BCUT2D eigenvalue weighted by molar-refractivity contribution is 5.30. The lowest BCUT2D eigenvalue weighted by Gasteiger charge is -2.28. The number of anilines is 1. The van der Waals surface area contributed by atoms with Crippen molar-refractivity contribution in [3.8, 4) is 5.88 Å². The zero-order valence-corrected chi connectivity index (χ0v) is 9.72. The summed E-state index contributed by atoms with van der Waals surface area (Å²) in [7, 11) is 0. The van der Waals surface area contributed by atoms with E-state index in [0.29, 0.717) is 17.8 Å². The van der Waals surface area contributed by atoms with E-state index in [9.17, 15) is 0 Å². The first-order chi connectivity index (χ1) is 7.78. The zero-order valence-electron chi connectivity index (χ0n) is 9.72. The minimum atomic E-state index is 0.299. The van der Waals surface area contributed by atoms with Crippen molar-refractivity contribution < 1.29 is 4.74 Å². The quantitative estimate of drug-likeness (QED) is 0.851. The summed E-state index contributed by atoms with van der Waals surface area (Å²) in [6.07, 6.45) is 7.84. The van der Waals surface area contributed by atoms with Crippen LogP contribution in [-0.4, -0.2) is 16.1 Å². The summed E-state index contributed by atoms with van der Waals surface area (Å²) in [5.74, 6) is 1.88. The van der Waals surface area contributed by atoms with Crippen molar-refractivity contribution in [3.63, 3.8) is 0 Å². The van der Waals surface area contributed by atoms with Crippen LogP contribution in [0.25, 0.3) is 0 Å². The van der Waals surface area contributed by atoms with E-state index >= 15 is 0 Å². The van der Waals surface area contributed by atoms with Crippen molar-refractivity contribution >= 4 is 5.82 Å². The van der Waals surface area contributed by atoms with E-state index in [-0.39, 0.29) is 0 Å². The van der Waals surface area contributed by atoms with E-state index in [1.165, 1.54) is 25.6 Å². The molecular formula is C12H19N3O. The SMILES string of the molecule is CCC1CCCC(Oc2cc(N)ncn2)C1. The molecule has 4 heteroatoms. The van der Waals surface area contributed by atoms with Crippen LogP contribution in [0.1, 0.15) is 39.0 Å². The number of ether oxygens (including phenoxy) is 1. The lowest BCUT2D eigenvalue weighted by molar-refractivity contribution is 0.117. The van der Waals surface area contributed by atoms with Crippen LogP contribution in [0.4, 0.5) is 5.82 Å². The molecule has 0 saturated heterocycles. The molecule has 16 heavy (non-hydrogen) atoms. The van der Waals surface area contributed by atoms with Gasteiger partial charge in [-0.3, -0.25) is 0 Å². The van der Waals surface area contributed by atoms with Gasteiger partial charge in [-0.25, -0.2) is 9.97 Å². The summed E-state index contributed by atoms with van der Waals surface area (Å²) in [6, 6.07) is 1.69. The molecule has 2 atom stereocenters. The average Bonchev–Trinajstić information content (AvgIpc) is 2.29. The molecule has 88 valence electrons. The molecule has 1 aliphatic carbocycles. The number of nitrogens with two attached hydrogens (primary N) is 1. The lowest BCUT2D eigenvalue weighted by atomic mass is 9.85. The normalized spacial score (nSPS) is 25.3. The highest BCUT2D eigenvalue weighted by atomic mass is 16.5. The number of aromatic nitrogens is 2. The van der Waals surface area contributed by atoms with Gasteiger partial charge in [-0.1, -0.05) is 19.8 Å². The van der Waals surface area contributed by atoms with E-state index < -0.39 is 0 Å². The summed E-state index contributed by atoms with van der Waals surface area (Å²) in [5, 5.41) is 0. The van der Waals surface area contributed by atoms with Crippen LogP contribution in [0.3, 0.4) is 0 Å². The molecule has 1 fully saturated rings. The van der Waals surface area contributed by atoms with Crippen LogP contribution < -0.4 is 10.5 Å². The van der Waals surface area contributed by atoms with Gasteiger partial charge in [-0.05, 0) is 25.2 Å². The van der Waals surface area contributed by atoms with E-state index in [1.54, 1.807) is 6.07 Å². The standard InChI is InChI=1S/C12H19N3O/c1-2-9-4-3-5-10(6-9)16-12-7-11(13)14-8-15-12/h7-10H,2-6H2,1H3,(H2,13,14,15). The van der Waals surface area contributed by atoms with Crippen LogP contribution in [0.15, 0.2) is 12.4 Å². The van der Waals surface area contributed by atoms with Crippen molar-refractivity contribution in [3.05, 3.63) is 12.4 Å². The van der Waals surface area contributed by atoms with Gasteiger partial charge >= 0.3 is 0 Å². The summed E-state index contributed by atoms with van der Waals surface area (Å²) in [4.78, 5) is 7.92. The number of nitrogen functional groups attached to an aromatic ring is 1. The Kier molecular flexibility index (Phi) is 3.59. The molecule has 0 amide bonds. The largest absolute Gasteiger partial charge is 0.474 e. The second-order valence-corrected chi connectivity index (χ2v) is 4.46. The van der Waals surface area contributed by atoms with Gasteiger partial charge in [-0.2, -0.15) is 0 Å². The maximum absolute atomic E-state index is 5.84. The fourth-order valence-electron chi connectivity index (χ4n) is 2.31. The third-order valence-corrected chi connectivity index (χ3v) is 3.26. The maximum Gasteiger partial charge on any atom is 0.218 e. The van der Waals surface area contributed by atoms with Crippen molar-refractivity contribution in [2.75, 3.05) is 5.73 Å². The third kappa shape index (κ3) is 2.84. The van der Waals surface area contributed by atoms with E-state index in [1.807, 2.05) is 0 Å². The van der Waals surface area contributed by atoms with Gasteiger partial charge in [0, 0.05) is 6.07 Å². The Labute approximate surface area is 96.2 Å². The Morgan fingerprint density at radius 2 is 2.31 bits per heavy atom. The Morgan fingerprint density at radius 3 is 3.06 bits per heavy atom. The van der Waals surface area contributed by atoms with E-state index in [2.05, 4.69) is 16.9 Å². The number of hydrogen-bond donors (Lipinski definition) is 1. The van der Waals surface area contributed by atoms with Crippen molar-refractivity contribution in [1.82, 2.24) is 9.97 Å². The first-order valence-corrected chi connectivity index (χ1v) is 6.02. The molecular weight excluding hydrogens is 202 g/mol. The highest BCUT2D eigenvalue weighted by Gasteiger charge is 2.22. The van der Waals surface area contributed by atoms with Crippen molar-refractivity contribution in [2.45, 2.75) is 45.1 Å². The van der Waals surface area contributed by atoms with Gasteiger partial charge in [0.15, 0.2) is 0 Å². The topological polar surface area (TPSA) is 61.0 Å². The molecule has 0 spiro atoms. The van der Waals surface area contributed by atoms with Gasteiger partial charge in [0.25, 0.3) is 0 Å². The minimum absolute atomic E-state index is 0.299. The molecule has 0 bridgehead atoms. The van der Waals surface area contributed by atoms with Gasteiger partial charge in [0.2, 0.25) is 5.88 Å². The van der Waals surface area contributed by atoms with Crippen LogP contribution in [0.5, 0.6) is 5.88 Å². The Bertz CT molecular complexity index is 343. The molecule has 2 N–H and O–H groups in total. The second-order valence-electron chi connectivity index (χ2n) is 4.46. The number of hydrogen-bond acceptors (Lipinski definition) is 4. The molecule has 1 aromatic rings. The molecule has 1 saturated carbocycles. The average molecular weight is 221 g/mol. The third-order valence-electron chi connectivity index (χ3n) is 3.26. The Hall–Kier alpha value is -1.32. The smallest absolute Gasteiger partial charge is 0.218 e. The van der Waals surface area contributed by atoms with Gasteiger partial charge < -0.3 is 10.5 Å². The van der Waals surface area contributed by atoms with Crippen molar-refractivity contribution in [2.24, 2.45) is 5.92 Å². The van der Waals surface area contributed by atoms with Gasteiger partial charge in [0.05, 0.1) is 0 Å². The molecule has 2 rings (SSSR count). The summed E-state index contributed by atoms with van der Waals surface area (Å²) < 4.78 is 5.84. The fourth-order valence-corrected chi connectivity index (χ4v) is 2.31. The van der Waals surface area contributed by atoms with Crippen LogP contribution in [-0.2, 0) is 0 Å². The molecule has 1 aliphatic rings. The fraction of sp³-hybridized carbons (Fsp3) is 0.667. The van der Waals surface area contributed by atoms with E-state index in [0.717, 1.165) is 18.8 Å². The highest BCUT2D eigenvalue weighted by Crippen LogP contribution is 2.29. The molecule has 4 nitrogen and oxygen atoms in total. The summed E-state index contributed by atoms with van der Waals surface area (Å²) in [5.41, 5.74) is 5.59. The monoisotopic (exact) mass is 221 g/mol. The summed E-state index contributed by atoms with van der Waals surface area (Å²) in [6.45, 7) is 2.25. The van der Waals surface area contributed by atoms with Gasteiger partial charge in [-0.15, -0.1) is 0 Å². The summed E-state index contributed by atoms with van der Waals surface area (Å²) >= 11 is 0. The predicted molar refractivity (Wildman–Crippen MR) is 63.1 cm³/mol. The maximum atomic E-state index is 5.84. The lowest BCUT2D eigenvalue weighted by Crippen LogP contribution is -2.25.